The van der Waals surface area contributed by atoms with E-state index in [-0.39, 0.29) is 30.1 Å². The van der Waals surface area contributed by atoms with E-state index >= 15 is 0 Å². The molecule has 0 unspecified atom stereocenters. The van der Waals surface area contributed by atoms with Crippen molar-refractivity contribution in [1.82, 2.24) is 34.2 Å². The van der Waals surface area contributed by atoms with Gasteiger partial charge in [0.15, 0.2) is 11.6 Å². The molecule has 4 aliphatic heterocycles. The monoisotopic (exact) mass is 782 g/mol. The number of ether oxygens (including phenoxy) is 1. The number of fused-ring (bicyclic) bond motifs is 5. The molecule has 1 aromatic carbocycles. The van der Waals surface area contributed by atoms with Crippen LogP contribution in [0.5, 0.6) is 6.01 Å². The molecule has 0 bridgehead atoms. The number of nitrogens with zero attached hydrogens (tertiary/aromatic N) is 11. The number of imidazole rings is 1. The molecule has 13 nitrogen and oxygen atoms in total. The number of para-hydroxylation sites is 1. The van der Waals surface area contributed by atoms with E-state index in [2.05, 4.69) is 25.7 Å². The Morgan fingerprint density at radius 2 is 1.96 bits per heavy atom. The van der Waals surface area contributed by atoms with Gasteiger partial charge >= 0.3 is 6.01 Å². The zero-order chi connectivity index (χ0) is 37.8. The molecule has 3 saturated heterocycles. The number of aromatic nitrogens is 6. The van der Waals surface area contributed by atoms with E-state index in [1.165, 1.54) is 17.4 Å². The Labute approximate surface area is 324 Å². The van der Waals surface area contributed by atoms with Crippen LogP contribution in [0.4, 0.5) is 31.1 Å². The van der Waals surface area contributed by atoms with Gasteiger partial charge in [0.25, 0.3) is 5.69 Å². The maximum atomic E-state index is 14.7. The summed E-state index contributed by atoms with van der Waals surface area (Å²) < 4.78 is 39.5. The smallest absolute Gasteiger partial charge is 0.317 e. The van der Waals surface area contributed by atoms with Crippen molar-refractivity contribution in [2.45, 2.75) is 68.7 Å². The topological polar surface area (TPSA) is 135 Å². The van der Waals surface area contributed by atoms with Gasteiger partial charge in [0.05, 0.1) is 40.5 Å². The summed E-state index contributed by atoms with van der Waals surface area (Å²) in [5.41, 5.74) is 9.57. The van der Waals surface area contributed by atoms with Crippen LogP contribution in [0.2, 0.25) is 5.02 Å². The number of nitriles is 1. The summed E-state index contributed by atoms with van der Waals surface area (Å²) in [5, 5.41) is 15.8. The fraction of sp³-hybridized carbons (Fsp3) is 0.474. The number of halogens is 3. The average Bonchev–Trinajstić information content (AvgIpc) is 3.96. The van der Waals surface area contributed by atoms with Crippen molar-refractivity contribution >= 4 is 56.3 Å². The first-order valence-corrected chi connectivity index (χ1v) is 19.8. The molecule has 5 aliphatic rings. The molecule has 17 heteroatoms. The van der Waals surface area contributed by atoms with Crippen LogP contribution in [0.1, 0.15) is 53.8 Å². The molecule has 55 heavy (non-hydrogen) atoms. The molecule has 282 valence electrons. The van der Waals surface area contributed by atoms with Crippen molar-refractivity contribution in [2.75, 3.05) is 54.9 Å². The van der Waals surface area contributed by atoms with Gasteiger partial charge in [0.2, 0.25) is 0 Å². The second-order valence-corrected chi connectivity index (χ2v) is 17.1. The lowest BCUT2D eigenvalue weighted by Crippen LogP contribution is -2.59. The molecule has 10 rings (SSSR count). The average molecular weight is 783 g/mol. The molecule has 1 aliphatic carbocycles. The lowest BCUT2D eigenvalue weighted by atomic mass is 9.74. The Balaban J connectivity index is 1.02. The first-order chi connectivity index (χ1) is 26.6. The summed E-state index contributed by atoms with van der Waals surface area (Å²) in [6.07, 6.45) is 3.75. The van der Waals surface area contributed by atoms with Gasteiger partial charge < -0.3 is 24.8 Å². The molecule has 1 spiro atoms. The third kappa shape index (κ3) is 5.14. The minimum Gasteiger partial charge on any atom is -0.461 e. The number of nitrogen functional groups attached to an aromatic ring is 1. The molecule has 4 aromatic heterocycles. The first-order valence-electron chi connectivity index (χ1n) is 18.6. The normalized spacial score (nSPS) is 22.7. The third-order valence-electron chi connectivity index (χ3n) is 12.4. The molecule has 0 radical (unpaired) electrons. The van der Waals surface area contributed by atoms with Crippen molar-refractivity contribution in [3.8, 4) is 23.6 Å². The van der Waals surface area contributed by atoms with Crippen LogP contribution in [0, 0.1) is 23.7 Å². The highest BCUT2D eigenvalue weighted by atomic mass is 35.5. The van der Waals surface area contributed by atoms with Gasteiger partial charge in [-0.05, 0) is 56.3 Å². The fourth-order valence-corrected chi connectivity index (χ4v) is 11.3. The Morgan fingerprint density at radius 3 is 2.75 bits per heavy atom. The standard InChI is InChI=1S/C38H37ClF2N12OS/c1-44-31-34(50-11-5-13-53-25(17-50)28(39)30(48-53)33-45-29-23(41)6-3-7-24(29)49(33)2)46-36(54-20-38-9-4-12-52(38)16-21(40)14-38)47-35(31)51-18-37(19-51)10-8-26-27(37)22(15-42)32(43)55-26/h3,6-7,21H,4-5,8-14,16-20,43H2,2H3/t21-,38+/m1/s1. The van der Waals surface area contributed by atoms with Crippen molar-refractivity contribution in [2.24, 2.45) is 7.05 Å². The maximum absolute atomic E-state index is 14.7. The summed E-state index contributed by atoms with van der Waals surface area (Å²) in [6, 6.07) is 7.31. The number of thiophene rings is 1. The van der Waals surface area contributed by atoms with Gasteiger partial charge in [-0.15, -0.1) is 11.3 Å². The number of anilines is 3. The molecular formula is C38H37ClF2N12OS. The number of aryl methyl sites for hydroxylation is 3. The number of hydrogen-bond donors (Lipinski definition) is 1. The zero-order valence-corrected chi connectivity index (χ0v) is 31.7. The van der Waals surface area contributed by atoms with E-state index < -0.39 is 17.5 Å². The van der Waals surface area contributed by atoms with E-state index in [1.54, 1.807) is 16.7 Å². The Hall–Kier alpha value is -5.03. The Bertz CT molecular complexity index is 2490. The third-order valence-corrected chi connectivity index (χ3v) is 13.9. The molecular weight excluding hydrogens is 746 g/mol. The van der Waals surface area contributed by atoms with Gasteiger partial charge in [-0.1, -0.05) is 17.7 Å². The summed E-state index contributed by atoms with van der Waals surface area (Å²) in [5.74, 6) is 0.928. The molecule has 2 N–H and O–H groups in total. The minimum atomic E-state index is -0.904. The lowest BCUT2D eigenvalue weighted by molar-refractivity contribution is 0.107. The van der Waals surface area contributed by atoms with Crippen molar-refractivity contribution < 1.29 is 13.5 Å². The van der Waals surface area contributed by atoms with Gasteiger partial charge in [-0.2, -0.15) is 20.3 Å². The highest BCUT2D eigenvalue weighted by Crippen LogP contribution is 2.54. The fourth-order valence-electron chi connectivity index (χ4n) is 9.84. The molecule has 2 atom stereocenters. The van der Waals surface area contributed by atoms with E-state index in [4.69, 9.17) is 43.7 Å². The van der Waals surface area contributed by atoms with Crippen molar-refractivity contribution in [3.05, 3.63) is 62.2 Å². The van der Waals surface area contributed by atoms with Crippen LogP contribution >= 0.6 is 22.9 Å². The Morgan fingerprint density at radius 1 is 1.15 bits per heavy atom. The van der Waals surface area contributed by atoms with Crippen LogP contribution < -0.4 is 20.3 Å². The summed E-state index contributed by atoms with van der Waals surface area (Å²) in [7, 11) is 1.81. The number of alkyl halides is 1. The van der Waals surface area contributed by atoms with Crippen LogP contribution in [0.15, 0.2) is 18.2 Å². The van der Waals surface area contributed by atoms with E-state index in [0.29, 0.717) is 95.5 Å². The van der Waals surface area contributed by atoms with Crippen molar-refractivity contribution in [1.29, 1.82) is 5.26 Å². The second-order valence-electron chi connectivity index (χ2n) is 15.6. The SMILES string of the molecule is [C-]#[N+]c1c(N2CCCn3nc(-c4nc5c(F)cccc5n4C)c(Cl)c3C2)nc(OC[C@@]23CCCN2C[C@H](F)C3)nc1N1CC2(CCc3sc(N)c(C#N)c32)C1. The predicted molar refractivity (Wildman–Crippen MR) is 205 cm³/mol. The molecule has 8 heterocycles. The maximum Gasteiger partial charge on any atom is 0.317 e. The molecule has 0 amide bonds. The first kappa shape index (κ1) is 34.5. The second kappa shape index (κ2) is 12.5. The van der Waals surface area contributed by atoms with Crippen LogP contribution in [-0.2, 0) is 32.0 Å². The highest BCUT2D eigenvalue weighted by Gasteiger charge is 2.53. The van der Waals surface area contributed by atoms with Gasteiger partial charge in [0.1, 0.15) is 46.7 Å². The van der Waals surface area contributed by atoms with Crippen LogP contribution in [-0.4, -0.2) is 85.2 Å². The summed E-state index contributed by atoms with van der Waals surface area (Å²) >= 11 is 8.63. The number of nitrogens with two attached hydrogens (primary N) is 1. The van der Waals surface area contributed by atoms with Crippen LogP contribution in [0.3, 0.4) is 0 Å². The summed E-state index contributed by atoms with van der Waals surface area (Å²) in [6.45, 7) is 12.5. The van der Waals surface area contributed by atoms with E-state index in [0.717, 1.165) is 48.4 Å². The highest BCUT2D eigenvalue weighted by molar-refractivity contribution is 7.16. The summed E-state index contributed by atoms with van der Waals surface area (Å²) in [4.78, 5) is 25.9. The molecule has 0 saturated carbocycles. The Kier molecular flexibility index (Phi) is 7.83. The lowest BCUT2D eigenvalue weighted by Gasteiger charge is -2.50. The van der Waals surface area contributed by atoms with Gasteiger partial charge in [0, 0.05) is 56.5 Å². The number of rotatable bonds is 6. The van der Waals surface area contributed by atoms with Crippen molar-refractivity contribution in [3.63, 3.8) is 0 Å². The predicted octanol–water partition coefficient (Wildman–Crippen LogP) is 6.16. The van der Waals surface area contributed by atoms with E-state index in [9.17, 15) is 14.0 Å². The van der Waals surface area contributed by atoms with E-state index in [1.807, 2.05) is 16.6 Å². The number of hydrogen-bond acceptors (Lipinski definition) is 11. The minimum absolute atomic E-state index is 0.137. The number of benzene rings is 1. The zero-order valence-electron chi connectivity index (χ0n) is 30.2. The van der Waals surface area contributed by atoms with Gasteiger partial charge in [-0.3, -0.25) is 9.58 Å². The quantitative estimate of drug-likeness (QED) is 0.200. The van der Waals surface area contributed by atoms with Crippen LogP contribution in [0.25, 0.3) is 27.4 Å². The largest absolute Gasteiger partial charge is 0.461 e. The van der Waals surface area contributed by atoms with Gasteiger partial charge in [-0.25, -0.2) is 18.6 Å². The molecule has 5 aromatic rings. The molecule has 3 fully saturated rings.